The Balaban J connectivity index is 3.04. The van der Waals surface area contributed by atoms with Gasteiger partial charge in [-0.05, 0) is 18.8 Å². The zero-order valence-corrected chi connectivity index (χ0v) is 7.36. The fourth-order valence-electron chi connectivity index (χ4n) is 0.708. The maximum Gasteiger partial charge on any atom is 0.120 e. The molecule has 0 spiro atoms. The average Bonchev–Trinajstić information content (AvgIpc) is 1.85. The molecule has 0 rings (SSSR count). The summed E-state index contributed by atoms with van der Waals surface area (Å²) in [5, 5.41) is 1.05. The van der Waals surface area contributed by atoms with Crippen LogP contribution in [0.4, 0.5) is 0 Å². The van der Waals surface area contributed by atoms with E-state index in [0.29, 0.717) is 12.3 Å². The fourth-order valence-corrected chi connectivity index (χ4v) is 1.03. The summed E-state index contributed by atoms with van der Waals surface area (Å²) in [6.07, 6.45) is 4.05. The van der Waals surface area contributed by atoms with Gasteiger partial charge in [0.15, 0.2) is 0 Å². The van der Waals surface area contributed by atoms with E-state index < -0.39 is 0 Å². The van der Waals surface area contributed by atoms with Crippen molar-refractivity contribution >= 4 is 22.2 Å². The van der Waals surface area contributed by atoms with Crippen molar-refractivity contribution in [2.45, 2.75) is 26.2 Å². The zero-order chi connectivity index (χ0) is 7.11. The van der Waals surface area contributed by atoms with E-state index in [9.17, 15) is 4.79 Å². The third-order valence-corrected chi connectivity index (χ3v) is 1.89. The van der Waals surface area contributed by atoms with Gasteiger partial charge in [0.2, 0.25) is 0 Å². The number of aldehydes is 1. The van der Waals surface area contributed by atoms with Crippen LogP contribution in [0.15, 0.2) is 0 Å². The number of hydrogen-bond acceptors (Lipinski definition) is 1. The van der Waals surface area contributed by atoms with E-state index in [-0.39, 0.29) is 0 Å². The van der Waals surface area contributed by atoms with Gasteiger partial charge in [-0.25, -0.2) is 0 Å². The van der Waals surface area contributed by atoms with Crippen molar-refractivity contribution in [3.05, 3.63) is 0 Å². The quantitative estimate of drug-likeness (QED) is 0.484. The van der Waals surface area contributed by atoms with Crippen LogP contribution in [0.1, 0.15) is 26.2 Å². The van der Waals surface area contributed by atoms with Crippen molar-refractivity contribution in [3.63, 3.8) is 0 Å². The highest BCUT2D eigenvalue weighted by molar-refractivity contribution is 9.09. The van der Waals surface area contributed by atoms with Gasteiger partial charge in [-0.15, -0.1) is 0 Å². The lowest BCUT2D eigenvalue weighted by atomic mass is 10.0. The molecule has 0 saturated heterocycles. The molecule has 0 heterocycles. The van der Waals surface area contributed by atoms with Crippen LogP contribution in [0, 0.1) is 5.92 Å². The second-order valence-electron chi connectivity index (χ2n) is 2.34. The van der Waals surface area contributed by atoms with Crippen molar-refractivity contribution in [1.29, 1.82) is 0 Å². The standard InChI is InChI=1S/C7H13BrO/c1-7(4-6-9)3-2-5-8/h6-7H,2-5H2,1H3. The third-order valence-electron chi connectivity index (χ3n) is 1.33. The summed E-state index contributed by atoms with van der Waals surface area (Å²) in [7, 11) is 0. The Labute approximate surface area is 65.0 Å². The summed E-state index contributed by atoms with van der Waals surface area (Å²) in [5.74, 6) is 0.569. The first-order valence-electron chi connectivity index (χ1n) is 3.31. The lowest BCUT2D eigenvalue weighted by Crippen LogP contribution is -1.94. The minimum absolute atomic E-state index is 0.569. The van der Waals surface area contributed by atoms with E-state index in [4.69, 9.17) is 0 Å². The van der Waals surface area contributed by atoms with Gasteiger partial charge in [-0.3, -0.25) is 0 Å². The number of halogens is 1. The van der Waals surface area contributed by atoms with Crippen LogP contribution >= 0.6 is 15.9 Å². The van der Waals surface area contributed by atoms with Crippen molar-refractivity contribution in [2.24, 2.45) is 5.92 Å². The Morgan fingerprint density at radius 2 is 2.33 bits per heavy atom. The Bertz CT molecular complexity index is 73.3. The molecular formula is C7H13BrO. The van der Waals surface area contributed by atoms with Gasteiger partial charge in [0.1, 0.15) is 6.29 Å². The highest BCUT2D eigenvalue weighted by atomic mass is 79.9. The van der Waals surface area contributed by atoms with E-state index in [0.717, 1.165) is 18.0 Å². The normalized spacial score (nSPS) is 13.1. The number of carbonyl (C=O) groups is 1. The van der Waals surface area contributed by atoms with Crippen LogP contribution in [0.5, 0.6) is 0 Å². The van der Waals surface area contributed by atoms with E-state index in [1.54, 1.807) is 0 Å². The molecule has 1 nitrogen and oxygen atoms in total. The average molecular weight is 193 g/mol. The van der Waals surface area contributed by atoms with Gasteiger partial charge < -0.3 is 4.79 Å². The summed E-state index contributed by atoms with van der Waals surface area (Å²) >= 11 is 3.34. The van der Waals surface area contributed by atoms with Crippen molar-refractivity contribution in [3.8, 4) is 0 Å². The first-order chi connectivity index (χ1) is 4.31. The predicted molar refractivity (Wildman–Crippen MR) is 42.9 cm³/mol. The zero-order valence-electron chi connectivity index (χ0n) is 5.77. The smallest absolute Gasteiger partial charge is 0.120 e. The Kier molecular flexibility index (Phi) is 6.38. The van der Waals surface area contributed by atoms with Crippen molar-refractivity contribution < 1.29 is 4.79 Å². The molecule has 0 radical (unpaired) electrons. The molecule has 0 aromatic rings. The van der Waals surface area contributed by atoms with E-state index >= 15 is 0 Å². The summed E-state index contributed by atoms with van der Waals surface area (Å²) in [5.41, 5.74) is 0. The second kappa shape index (κ2) is 6.27. The molecule has 0 N–H and O–H groups in total. The first kappa shape index (κ1) is 9.15. The molecule has 2 heteroatoms. The SMILES string of the molecule is CC(CC=O)CCCBr. The van der Waals surface area contributed by atoms with E-state index in [1.807, 2.05) is 0 Å². The summed E-state index contributed by atoms with van der Waals surface area (Å²) in [4.78, 5) is 9.97. The lowest BCUT2D eigenvalue weighted by Gasteiger charge is -2.03. The van der Waals surface area contributed by atoms with Crippen LogP contribution in [0.2, 0.25) is 0 Å². The molecule has 0 aliphatic rings. The molecule has 0 aromatic heterocycles. The van der Waals surface area contributed by atoms with Crippen LogP contribution in [0.3, 0.4) is 0 Å². The van der Waals surface area contributed by atoms with Gasteiger partial charge in [-0.1, -0.05) is 22.9 Å². The van der Waals surface area contributed by atoms with Crippen LogP contribution in [0.25, 0.3) is 0 Å². The second-order valence-corrected chi connectivity index (χ2v) is 3.13. The Morgan fingerprint density at radius 1 is 1.67 bits per heavy atom. The maximum atomic E-state index is 9.97. The summed E-state index contributed by atoms with van der Waals surface area (Å²) in [6, 6.07) is 0. The van der Waals surface area contributed by atoms with Gasteiger partial charge in [-0.2, -0.15) is 0 Å². The molecule has 0 amide bonds. The van der Waals surface area contributed by atoms with Crippen LogP contribution in [-0.2, 0) is 4.79 Å². The van der Waals surface area contributed by atoms with Crippen molar-refractivity contribution in [1.82, 2.24) is 0 Å². The maximum absolute atomic E-state index is 9.97. The highest BCUT2D eigenvalue weighted by Crippen LogP contribution is 2.08. The largest absolute Gasteiger partial charge is 0.303 e. The fraction of sp³-hybridized carbons (Fsp3) is 0.857. The molecule has 1 atom stereocenters. The topological polar surface area (TPSA) is 17.1 Å². The number of hydrogen-bond donors (Lipinski definition) is 0. The third kappa shape index (κ3) is 6.03. The van der Waals surface area contributed by atoms with Crippen LogP contribution < -0.4 is 0 Å². The first-order valence-corrected chi connectivity index (χ1v) is 4.43. The number of carbonyl (C=O) groups excluding carboxylic acids is 1. The van der Waals surface area contributed by atoms with Crippen LogP contribution in [-0.4, -0.2) is 11.6 Å². The molecule has 0 fully saturated rings. The van der Waals surface area contributed by atoms with E-state index in [2.05, 4.69) is 22.9 Å². The molecule has 0 aliphatic carbocycles. The molecule has 0 saturated carbocycles. The van der Waals surface area contributed by atoms with Gasteiger partial charge in [0, 0.05) is 11.8 Å². The molecule has 0 aromatic carbocycles. The van der Waals surface area contributed by atoms with Crippen molar-refractivity contribution in [2.75, 3.05) is 5.33 Å². The molecule has 0 aliphatic heterocycles. The Hall–Kier alpha value is 0.150. The highest BCUT2D eigenvalue weighted by Gasteiger charge is 1.98. The number of alkyl halides is 1. The van der Waals surface area contributed by atoms with Gasteiger partial charge >= 0.3 is 0 Å². The summed E-state index contributed by atoms with van der Waals surface area (Å²) < 4.78 is 0. The number of rotatable bonds is 5. The molecule has 0 bridgehead atoms. The van der Waals surface area contributed by atoms with E-state index in [1.165, 1.54) is 6.42 Å². The lowest BCUT2D eigenvalue weighted by molar-refractivity contribution is -0.108. The Morgan fingerprint density at radius 3 is 2.78 bits per heavy atom. The minimum Gasteiger partial charge on any atom is -0.303 e. The molecule has 9 heavy (non-hydrogen) atoms. The van der Waals surface area contributed by atoms with Gasteiger partial charge in [0.25, 0.3) is 0 Å². The minimum atomic E-state index is 0.569. The molecule has 54 valence electrons. The predicted octanol–water partition coefficient (Wildman–Crippen LogP) is 2.39. The summed E-state index contributed by atoms with van der Waals surface area (Å²) in [6.45, 7) is 2.11. The monoisotopic (exact) mass is 192 g/mol. The molecule has 1 unspecified atom stereocenters. The van der Waals surface area contributed by atoms with Gasteiger partial charge in [0.05, 0.1) is 0 Å². The molecular weight excluding hydrogens is 180 g/mol.